The van der Waals surface area contributed by atoms with E-state index in [1.54, 1.807) is 0 Å². The van der Waals surface area contributed by atoms with Crippen LogP contribution in [0.25, 0.3) is 0 Å². The Balaban J connectivity index is 1.68. The lowest BCUT2D eigenvalue weighted by molar-refractivity contribution is 0.587. The highest BCUT2D eigenvalue weighted by Crippen LogP contribution is 2.49. The molecular formula is C14H21N. The van der Waals surface area contributed by atoms with Gasteiger partial charge in [0.15, 0.2) is 0 Å². The smallest absolute Gasteiger partial charge is 0.0437 e. The molecule has 0 bridgehead atoms. The number of unbranched alkanes of at least 4 members (excludes halogenated alkanes) is 3. The third kappa shape index (κ3) is 3.05. The molecular weight excluding hydrogens is 182 g/mol. The van der Waals surface area contributed by atoms with Crippen molar-refractivity contribution in [3.63, 3.8) is 0 Å². The maximum atomic E-state index is 4.44. The van der Waals surface area contributed by atoms with Gasteiger partial charge in [-0.15, -0.1) is 0 Å². The molecule has 2 rings (SSSR count). The summed E-state index contributed by atoms with van der Waals surface area (Å²) < 4.78 is 0. The van der Waals surface area contributed by atoms with E-state index in [2.05, 4.69) is 24.0 Å². The van der Waals surface area contributed by atoms with Crippen molar-refractivity contribution >= 4 is 0 Å². The number of pyridine rings is 1. The number of hydrogen-bond donors (Lipinski definition) is 0. The van der Waals surface area contributed by atoms with E-state index in [1.807, 2.05) is 12.3 Å². The Morgan fingerprint density at radius 2 is 2.20 bits per heavy atom. The molecule has 0 saturated heterocycles. The fourth-order valence-corrected chi connectivity index (χ4v) is 2.36. The summed E-state index contributed by atoms with van der Waals surface area (Å²) in [6.07, 6.45) is 10.3. The van der Waals surface area contributed by atoms with Crippen molar-refractivity contribution < 1.29 is 0 Å². The van der Waals surface area contributed by atoms with Crippen LogP contribution < -0.4 is 0 Å². The monoisotopic (exact) mass is 203 g/mol. The first-order valence-corrected chi connectivity index (χ1v) is 6.32. The molecule has 1 fully saturated rings. The number of rotatable bonds is 6. The highest BCUT2D eigenvalue weighted by molar-refractivity contribution is 5.17. The summed E-state index contributed by atoms with van der Waals surface area (Å²) in [5, 5.41) is 0. The highest BCUT2D eigenvalue weighted by atomic mass is 14.7. The van der Waals surface area contributed by atoms with Crippen LogP contribution in [0.3, 0.4) is 0 Å². The zero-order chi connectivity index (χ0) is 10.5. The minimum absolute atomic E-state index is 0.785. The molecule has 0 amide bonds. The van der Waals surface area contributed by atoms with Crippen molar-refractivity contribution in [1.82, 2.24) is 4.98 Å². The van der Waals surface area contributed by atoms with Crippen molar-refractivity contribution in [2.75, 3.05) is 0 Å². The van der Waals surface area contributed by atoms with Gasteiger partial charge in [-0.1, -0.05) is 38.7 Å². The van der Waals surface area contributed by atoms with E-state index in [-0.39, 0.29) is 0 Å². The van der Waals surface area contributed by atoms with Gasteiger partial charge < -0.3 is 0 Å². The first kappa shape index (κ1) is 10.7. The van der Waals surface area contributed by atoms with Gasteiger partial charge in [0.1, 0.15) is 0 Å². The van der Waals surface area contributed by atoms with Gasteiger partial charge in [-0.2, -0.15) is 0 Å². The van der Waals surface area contributed by atoms with Crippen LogP contribution >= 0.6 is 0 Å². The third-order valence-corrected chi connectivity index (χ3v) is 3.42. The molecule has 1 heterocycles. The molecule has 1 aromatic heterocycles. The van der Waals surface area contributed by atoms with Gasteiger partial charge in [0, 0.05) is 17.8 Å². The molecule has 0 spiro atoms. The molecule has 0 aliphatic heterocycles. The molecule has 1 aliphatic rings. The molecule has 15 heavy (non-hydrogen) atoms. The summed E-state index contributed by atoms with van der Waals surface area (Å²) >= 11 is 0. The largest absolute Gasteiger partial charge is 0.261 e. The van der Waals surface area contributed by atoms with Crippen molar-refractivity contribution in [3.8, 4) is 0 Å². The summed E-state index contributed by atoms with van der Waals surface area (Å²) in [5.41, 5.74) is 1.32. The van der Waals surface area contributed by atoms with Crippen molar-refractivity contribution in [2.45, 2.75) is 51.4 Å². The SMILES string of the molecule is CCCCCC[C@H]1C[C@@H]1c1ccccn1. The van der Waals surface area contributed by atoms with E-state index in [4.69, 9.17) is 0 Å². The van der Waals surface area contributed by atoms with Gasteiger partial charge in [-0.05, 0) is 30.9 Å². The predicted molar refractivity (Wildman–Crippen MR) is 63.8 cm³/mol. The van der Waals surface area contributed by atoms with Crippen LogP contribution in [0.2, 0.25) is 0 Å². The van der Waals surface area contributed by atoms with Crippen molar-refractivity contribution in [2.24, 2.45) is 5.92 Å². The van der Waals surface area contributed by atoms with E-state index in [1.165, 1.54) is 44.2 Å². The van der Waals surface area contributed by atoms with Crippen LogP contribution in [0.1, 0.15) is 57.1 Å². The molecule has 1 aliphatic carbocycles. The van der Waals surface area contributed by atoms with E-state index >= 15 is 0 Å². The fraction of sp³-hybridized carbons (Fsp3) is 0.643. The Morgan fingerprint density at radius 1 is 1.27 bits per heavy atom. The van der Waals surface area contributed by atoms with E-state index in [0.717, 1.165) is 11.8 Å². The van der Waals surface area contributed by atoms with E-state index < -0.39 is 0 Å². The number of nitrogens with zero attached hydrogens (tertiary/aromatic N) is 1. The van der Waals surface area contributed by atoms with Gasteiger partial charge in [0.2, 0.25) is 0 Å². The van der Waals surface area contributed by atoms with Gasteiger partial charge in [0.05, 0.1) is 0 Å². The van der Waals surface area contributed by atoms with Crippen LogP contribution in [0.5, 0.6) is 0 Å². The quantitative estimate of drug-likeness (QED) is 0.633. The van der Waals surface area contributed by atoms with Crippen LogP contribution in [-0.4, -0.2) is 4.98 Å². The molecule has 1 heteroatoms. The standard InChI is InChI=1S/C14H21N/c1-2-3-4-5-8-12-11-13(12)14-9-6-7-10-15-14/h6-7,9-10,12-13H,2-5,8,11H2,1H3/t12-,13-/m0/s1. The van der Waals surface area contributed by atoms with Crippen LogP contribution in [0.4, 0.5) is 0 Å². The second-order valence-electron chi connectivity index (χ2n) is 4.71. The van der Waals surface area contributed by atoms with Crippen LogP contribution in [-0.2, 0) is 0 Å². The zero-order valence-electron chi connectivity index (χ0n) is 9.65. The average Bonchev–Trinajstić information content (AvgIpc) is 3.05. The topological polar surface area (TPSA) is 12.9 Å². The molecule has 0 aromatic carbocycles. The zero-order valence-corrected chi connectivity index (χ0v) is 9.65. The summed E-state index contributed by atoms with van der Waals surface area (Å²) in [6, 6.07) is 6.29. The Hall–Kier alpha value is -0.850. The molecule has 82 valence electrons. The van der Waals surface area contributed by atoms with Gasteiger partial charge in [-0.3, -0.25) is 4.98 Å². The summed E-state index contributed by atoms with van der Waals surface area (Å²) in [6.45, 7) is 2.27. The highest BCUT2D eigenvalue weighted by Gasteiger charge is 2.38. The van der Waals surface area contributed by atoms with Crippen molar-refractivity contribution in [3.05, 3.63) is 30.1 Å². The predicted octanol–water partition coefficient (Wildman–Crippen LogP) is 4.16. The Bertz CT molecular complexity index is 281. The molecule has 0 radical (unpaired) electrons. The second-order valence-corrected chi connectivity index (χ2v) is 4.71. The first-order chi connectivity index (χ1) is 7.42. The second kappa shape index (κ2) is 5.29. The maximum absolute atomic E-state index is 4.44. The normalized spacial score (nSPS) is 24.1. The first-order valence-electron chi connectivity index (χ1n) is 6.32. The number of hydrogen-bond acceptors (Lipinski definition) is 1. The Labute approximate surface area is 92.9 Å². The number of aromatic nitrogens is 1. The van der Waals surface area contributed by atoms with Gasteiger partial charge in [-0.25, -0.2) is 0 Å². The van der Waals surface area contributed by atoms with E-state index in [0.29, 0.717) is 0 Å². The minimum Gasteiger partial charge on any atom is -0.261 e. The molecule has 1 aromatic rings. The van der Waals surface area contributed by atoms with Gasteiger partial charge >= 0.3 is 0 Å². The summed E-state index contributed by atoms with van der Waals surface area (Å²) in [4.78, 5) is 4.44. The van der Waals surface area contributed by atoms with Crippen LogP contribution in [0, 0.1) is 5.92 Å². The lowest BCUT2D eigenvalue weighted by Gasteiger charge is -2.00. The lowest BCUT2D eigenvalue weighted by atomic mass is 10.1. The molecule has 0 N–H and O–H groups in total. The molecule has 1 nitrogen and oxygen atoms in total. The molecule has 2 atom stereocenters. The lowest BCUT2D eigenvalue weighted by Crippen LogP contribution is -1.87. The molecule has 1 saturated carbocycles. The maximum Gasteiger partial charge on any atom is 0.0437 e. The van der Waals surface area contributed by atoms with Gasteiger partial charge in [0.25, 0.3) is 0 Å². The summed E-state index contributed by atoms with van der Waals surface area (Å²) in [7, 11) is 0. The Kier molecular flexibility index (Phi) is 3.76. The Morgan fingerprint density at radius 3 is 2.93 bits per heavy atom. The fourth-order valence-electron chi connectivity index (χ4n) is 2.36. The average molecular weight is 203 g/mol. The van der Waals surface area contributed by atoms with Crippen LogP contribution in [0.15, 0.2) is 24.4 Å². The third-order valence-electron chi connectivity index (χ3n) is 3.42. The van der Waals surface area contributed by atoms with Crippen molar-refractivity contribution in [1.29, 1.82) is 0 Å². The summed E-state index contributed by atoms with van der Waals surface area (Å²) in [5.74, 6) is 1.73. The minimum atomic E-state index is 0.785. The molecule has 0 unspecified atom stereocenters. The van der Waals surface area contributed by atoms with E-state index in [9.17, 15) is 0 Å².